The van der Waals surface area contributed by atoms with Gasteiger partial charge >= 0.3 is 0 Å². The molecule has 1 heterocycles. The van der Waals surface area contributed by atoms with Crippen molar-refractivity contribution in [3.8, 4) is 0 Å². The molecule has 1 aliphatic carbocycles. The minimum absolute atomic E-state index is 0.641. The number of aromatic nitrogens is 3. The van der Waals surface area contributed by atoms with Crippen molar-refractivity contribution in [1.82, 2.24) is 15.2 Å². The fraction of sp³-hybridized carbons (Fsp3) is 0.786. The predicted molar refractivity (Wildman–Crippen MR) is 78.6 cm³/mol. The molecular weight excluding hydrogens is 260 g/mol. The molecule has 4 nitrogen and oxygen atoms in total. The number of alkyl halides is 1. The lowest BCUT2D eigenvalue weighted by Crippen LogP contribution is -2.21. The van der Waals surface area contributed by atoms with Gasteiger partial charge in [0.1, 0.15) is 0 Å². The van der Waals surface area contributed by atoms with E-state index in [1.165, 1.54) is 19.3 Å². The Hall–Kier alpha value is -0.900. The summed E-state index contributed by atoms with van der Waals surface area (Å²) in [4.78, 5) is 4.56. The normalized spacial score (nSPS) is 22.7. The van der Waals surface area contributed by atoms with Gasteiger partial charge in [0.25, 0.3) is 0 Å². The van der Waals surface area contributed by atoms with Gasteiger partial charge in [-0.3, -0.25) is 0 Å². The number of anilines is 1. The monoisotopic (exact) mass is 282 g/mol. The standard InChI is InChI=1S/C14H23ClN4/c1-3-12-13(4-2)18-19-14(17-12)16-9-11-7-5-6-10(11)8-15/h10-11H,3-9H2,1-2H3,(H,16,17,19). The van der Waals surface area contributed by atoms with Gasteiger partial charge in [0.05, 0.1) is 11.4 Å². The fourth-order valence-corrected chi connectivity index (χ4v) is 3.23. The summed E-state index contributed by atoms with van der Waals surface area (Å²) in [5.41, 5.74) is 2.06. The number of aryl methyl sites for hydroxylation is 2. The number of nitrogens with one attached hydrogen (secondary N) is 1. The average molecular weight is 283 g/mol. The maximum absolute atomic E-state index is 6.00. The van der Waals surface area contributed by atoms with Crippen molar-refractivity contribution in [1.29, 1.82) is 0 Å². The molecule has 1 N–H and O–H groups in total. The van der Waals surface area contributed by atoms with Crippen LogP contribution in [0.2, 0.25) is 0 Å². The highest BCUT2D eigenvalue weighted by Crippen LogP contribution is 2.32. The van der Waals surface area contributed by atoms with Crippen LogP contribution in [0.5, 0.6) is 0 Å². The quantitative estimate of drug-likeness (QED) is 0.815. The number of rotatable bonds is 6. The van der Waals surface area contributed by atoms with Gasteiger partial charge in [0.15, 0.2) is 0 Å². The first-order chi connectivity index (χ1) is 9.28. The van der Waals surface area contributed by atoms with Gasteiger partial charge < -0.3 is 5.32 Å². The largest absolute Gasteiger partial charge is 0.353 e. The molecule has 5 heteroatoms. The van der Waals surface area contributed by atoms with E-state index in [1.807, 2.05) is 0 Å². The van der Waals surface area contributed by atoms with Crippen LogP contribution in [0, 0.1) is 11.8 Å². The highest BCUT2D eigenvalue weighted by Gasteiger charge is 2.26. The van der Waals surface area contributed by atoms with Crippen LogP contribution in [0.3, 0.4) is 0 Å². The van der Waals surface area contributed by atoms with E-state index in [0.717, 1.165) is 36.7 Å². The smallest absolute Gasteiger partial charge is 0.242 e. The van der Waals surface area contributed by atoms with E-state index >= 15 is 0 Å². The lowest BCUT2D eigenvalue weighted by atomic mass is 9.98. The Kier molecular flexibility index (Phi) is 5.37. The van der Waals surface area contributed by atoms with Crippen molar-refractivity contribution in [2.24, 2.45) is 11.8 Å². The maximum atomic E-state index is 6.00. The molecule has 0 aromatic carbocycles. The molecule has 0 amide bonds. The minimum Gasteiger partial charge on any atom is -0.353 e. The van der Waals surface area contributed by atoms with Gasteiger partial charge in [-0.1, -0.05) is 20.3 Å². The zero-order valence-corrected chi connectivity index (χ0v) is 12.6. The summed E-state index contributed by atoms with van der Waals surface area (Å²) in [6.07, 6.45) is 5.59. The molecule has 1 aliphatic rings. The Morgan fingerprint density at radius 2 is 1.84 bits per heavy atom. The Bertz CT molecular complexity index is 410. The van der Waals surface area contributed by atoms with Crippen LogP contribution in [-0.2, 0) is 12.8 Å². The third kappa shape index (κ3) is 3.56. The zero-order valence-electron chi connectivity index (χ0n) is 11.8. The van der Waals surface area contributed by atoms with Crippen molar-refractivity contribution in [2.75, 3.05) is 17.7 Å². The number of halogens is 1. The molecule has 1 aromatic rings. The summed E-state index contributed by atoms with van der Waals surface area (Å²) in [5, 5.41) is 11.7. The Morgan fingerprint density at radius 3 is 2.53 bits per heavy atom. The fourth-order valence-electron chi connectivity index (χ4n) is 2.82. The van der Waals surface area contributed by atoms with E-state index in [9.17, 15) is 0 Å². The second kappa shape index (κ2) is 7.04. The lowest BCUT2D eigenvalue weighted by Gasteiger charge is -2.17. The van der Waals surface area contributed by atoms with Crippen LogP contribution in [0.4, 0.5) is 5.95 Å². The molecular formula is C14H23ClN4. The molecule has 2 rings (SSSR count). The minimum atomic E-state index is 0.641. The van der Waals surface area contributed by atoms with Crippen molar-refractivity contribution in [2.45, 2.75) is 46.0 Å². The highest BCUT2D eigenvalue weighted by atomic mass is 35.5. The molecule has 0 bridgehead atoms. The van der Waals surface area contributed by atoms with E-state index < -0.39 is 0 Å². The first-order valence-corrected chi connectivity index (χ1v) is 7.84. The summed E-state index contributed by atoms with van der Waals surface area (Å²) < 4.78 is 0. The van der Waals surface area contributed by atoms with Crippen molar-refractivity contribution in [3.05, 3.63) is 11.4 Å². The van der Waals surface area contributed by atoms with Gasteiger partial charge in [0, 0.05) is 12.4 Å². The van der Waals surface area contributed by atoms with Crippen molar-refractivity contribution >= 4 is 17.5 Å². The number of hydrogen-bond acceptors (Lipinski definition) is 4. The first-order valence-electron chi connectivity index (χ1n) is 7.30. The zero-order chi connectivity index (χ0) is 13.7. The van der Waals surface area contributed by atoms with E-state index in [0.29, 0.717) is 17.8 Å². The van der Waals surface area contributed by atoms with E-state index in [2.05, 4.69) is 34.3 Å². The molecule has 0 radical (unpaired) electrons. The summed E-state index contributed by atoms with van der Waals surface area (Å²) in [6.45, 7) is 5.10. The van der Waals surface area contributed by atoms with Gasteiger partial charge in [-0.15, -0.1) is 16.7 Å². The molecule has 2 atom stereocenters. The molecule has 0 aliphatic heterocycles. The summed E-state index contributed by atoms with van der Waals surface area (Å²) >= 11 is 6.00. The van der Waals surface area contributed by atoms with Crippen LogP contribution in [0.25, 0.3) is 0 Å². The van der Waals surface area contributed by atoms with Gasteiger partial charge in [-0.25, -0.2) is 4.98 Å². The molecule has 1 fully saturated rings. The second-order valence-corrected chi connectivity index (χ2v) is 5.53. The number of nitrogens with zero attached hydrogens (tertiary/aromatic N) is 3. The average Bonchev–Trinajstić information content (AvgIpc) is 2.92. The van der Waals surface area contributed by atoms with Gasteiger partial charge in [-0.2, -0.15) is 5.10 Å². The van der Waals surface area contributed by atoms with E-state index in [4.69, 9.17) is 11.6 Å². The van der Waals surface area contributed by atoms with Crippen LogP contribution < -0.4 is 5.32 Å². The van der Waals surface area contributed by atoms with Crippen LogP contribution in [0.15, 0.2) is 0 Å². The third-order valence-corrected chi connectivity index (χ3v) is 4.44. The molecule has 106 valence electrons. The van der Waals surface area contributed by atoms with Crippen LogP contribution in [-0.4, -0.2) is 27.6 Å². The van der Waals surface area contributed by atoms with Gasteiger partial charge in [-0.05, 0) is 37.5 Å². The summed E-state index contributed by atoms with van der Waals surface area (Å²) in [5.74, 6) is 2.72. The SMILES string of the molecule is CCc1nnc(NCC2CCCC2CCl)nc1CC. The second-order valence-electron chi connectivity index (χ2n) is 5.22. The molecule has 2 unspecified atom stereocenters. The van der Waals surface area contributed by atoms with E-state index in [1.54, 1.807) is 0 Å². The van der Waals surface area contributed by atoms with Crippen molar-refractivity contribution < 1.29 is 0 Å². The van der Waals surface area contributed by atoms with Gasteiger partial charge in [0.2, 0.25) is 5.95 Å². The predicted octanol–water partition coefficient (Wildman–Crippen LogP) is 3.06. The Labute approximate surface area is 120 Å². The van der Waals surface area contributed by atoms with Crippen LogP contribution >= 0.6 is 11.6 Å². The third-order valence-electron chi connectivity index (χ3n) is 4.05. The molecule has 0 spiro atoms. The summed E-state index contributed by atoms with van der Waals surface area (Å²) in [6, 6.07) is 0. The van der Waals surface area contributed by atoms with Crippen molar-refractivity contribution in [3.63, 3.8) is 0 Å². The molecule has 19 heavy (non-hydrogen) atoms. The van der Waals surface area contributed by atoms with Crippen LogP contribution in [0.1, 0.15) is 44.5 Å². The topological polar surface area (TPSA) is 50.7 Å². The highest BCUT2D eigenvalue weighted by molar-refractivity contribution is 6.18. The Balaban J connectivity index is 1.96. The first kappa shape index (κ1) is 14.5. The molecule has 1 aromatic heterocycles. The lowest BCUT2D eigenvalue weighted by molar-refractivity contribution is 0.443. The maximum Gasteiger partial charge on any atom is 0.242 e. The Morgan fingerprint density at radius 1 is 1.11 bits per heavy atom. The number of hydrogen-bond donors (Lipinski definition) is 1. The van der Waals surface area contributed by atoms with E-state index in [-0.39, 0.29) is 0 Å². The summed E-state index contributed by atoms with van der Waals surface area (Å²) in [7, 11) is 0. The molecule has 1 saturated carbocycles. The molecule has 0 saturated heterocycles.